The van der Waals surface area contributed by atoms with Gasteiger partial charge in [-0.15, -0.1) is 16.2 Å². The Morgan fingerprint density at radius 3 is 2.65 bits per heavy atom. The number of aromatic nitrogens is 1. The van der Waals surface area contributed by atoms with Crippen LogP contribution in [0.15, 0.2) is 34.5 Å². The highest BCUT2D eigenvalue weighted by molar-refractivity contribution is 7.89. The average molecular weight is 400 g/mol. The Bertz CT molecular complexity index is 864. The number of hydrogen-bond donors (Lipinski definition) is 2. The summed E-state index contributed by atoms with van der Waals surface area (Å²) >= 11 is 1.42. The van der Waals surface area contributed by atoms with Gasteiger partial charge in [-0.2, -0.15) is 0 Å². The van der Waals surface area contributed by atoms with Gasteiger partial charge < -0.3 is 9.64 Å². The molecule has 1 aromatic carbocycles. The summed E-state index contributed by atoms with van der Waals surface area (Å²) in [6.45, 7) is 2.77. The lowest BCUT2D eigenvalue weighted by Crippen LogP contribution is -2.42. The Hall–Kier alpha value is -2.08. The first kappa shape index (κ1) is 18.7. The fraction of sp³-hybridized carbons (Fsp3) is 0.333. The van der Waals surface area contributed by atoms with Crippen molar-refractivity contribution in [3.05, 3.63) is 41.2 Å². The van der Waals surface area contributed by atoms with Gasteiger partial charge in [0, 0.05) is 18.5 Å². The number of anilines is 1. The molecule has 8 nitrogen and oxygen atoms in total. The van der Waals surface area contributed by atoms with Gasteiger partial charge in [0.2, 0.25) is 5.91 Å². The molecule has 0 saturated carbocycles. The normalized spacial score (nSPS) is 15.0. The van der Waals surface area contributed by atoms with Gasteiger partial charge in [0.25, 0.3) is 10.0 Å². The van der Waals surface area contributed by atoms with E-state index < -0.39 is 21.7 Å². The highest BCUT2D eigenvalue weighted by Crippen LogP contribution is 2.21. The molecule has 26 heavy (non-hydrogen) atoms. The predicted molar refractivity (Wildman–Crippen MR) is 93.7 cm³/mol. The Labute approximate surface area is 154 Å². The van der Waals surface area contributed by atoms with Gasteiger partial charge in [-0.3, -0.25) is 10.2 Å². The molecular weight excluding hydrogens is 383 g/mol. The van der Waals surface area contributed by atoms with Crippen molar-refractivity contribution in [3.63, 3.8) is 0 Å². The molecule has 0 atom stereocenters. The maximum absolute atomic E-state index is 12.9. The minimum atomic E-state index is -3.96. The Morgan fingerprint density at radius 1 is 1.27 bits per heavy atom. The minimum Gasteiger partial charge on any atom is -0.378 e. The lowest BCUT2D eigenvalue weighted by Gasteiger charge is -2.26. The molecule has 1 fully saturated rings. The first-order valence-electron chi connectivity index (χ1n) is 7.77. The monoisotopic (exact) mass is 400 g/mol. The van der Waals surface area contributed by atoms with Crippen LogP contribution in [0.25, 0.3) is 0 Å². The summed E-state index contributed by atoms with van der Waals surface area (Å²) in [5, 5.41) is 2.57. The standard InChI is InChI=1S/C15H17FN4O4S2/c16-11-1-3-13(4-2-11)26(22,23)19-18-14(21)9-12-10-25-15(17-12)20-5-7-24-8-6-20/h1-4,10,19H,5-9H2,(H,18,21). The second-order valence-electron chi connectivity index (χ2n) is 5.51. The van der Waals surface area contributed by atoms with E-state index >= 15 is 0 Å². The van der Waals surface area contributed by atoms with Crippen LogP contribution in [0.1, 0.15) is 5.69 Å². The Kier molecular flexibility index (Phi) is 5.81. The van der Waals surface area contributed by atoms with Crippen LogP contribution in [-0.4, -0.2) is 45.6 Å². The van der Waals surface area contributed by atoms with Crippen LogP contribution in [0, 0.1) is 5.82 Å². The van der Waals surface area contributed by atoms with Gasteiger partial charge in [-0.1, -0.05) is 0 Å². The zero-order chi connectivity index (χ0) is 18.6. The summed E-state index contributed by atoms with van der Waals surface area (Å²) in [6, 6.07) is 4.27. The summed E-state index contributed by atoms with van der Waals surface area (Å²) in [4.78, 5) is 20.3. The van der Waals surface area contributed by atoms with Crippen molar-refractivity contribution >= 4 is 32.4 Å². The van der Waals surface area contributed by atoms with Gasteiger partial charge in [0.05, 0.1) is 30.2 Å². The summed E-state index contributed by atoms with van der Waals surface area (Å²) in [6.07, 6.45) is -0.0627. The van der Waals surface area contributed by atoms with Crippen molar-refractivity contribution in [1.29, 1.82) is 0 Å². The summed E-state index contributed by atoms with van der Waals surface area (Å²) in [5.74, 6) is -1.10. The van der Waals surface area contributed by atoms with Crippen LogP contribution < -0.4 is 15.2 Å². The second-order valence-corrected chi connectivity index (χ2v) is 8.02. The summed E-state index contributed by atoms with van der Waals surface area (Å²) in [5.41, 5.74) is 2.68. The highest BCUT2D eigenvalue weighted by atomic mass is 32.2. The zero-order valence-corrected chi connectivity index (χ0v) is 15.3. The first-order chi connectivity index (χ1) is 12.4. The molecule has 0 radical (unpaired) electrons. The number of halogens is 1. The average Bonchev–Trinajstić information content (AvgIpc) is 3.10. The fourth-order valence-electron chi connectivity index (χ4n) is 2.28. The third kappa shape index (κ3) is 4.75. The molecule has 1 aromatic heterocycles. The highest BCUT2D eigenvalue weighted by Gasteiger charge is 2.18. The van der Waals surface area contributed by atoms with E-state index in [1.165, 1.54) is 11.3 Å². The molecule has 1 aliphatic rings. The Morgan fingerprint density at radius 2 is 1.96 bits per heavy atom. The molecule has 1 saturated heterocycles. The van der Waals surface area contributed by atoms with Gasteiger partial charge in [0.1, 0.15) is 5.82 Å². The van der Waals surface area contributed by atoms with E-state index in [2.05, 4.69) is 15.3 Å². The number of carbonyl (C=O) groups excluding carboxylic acids is 1. The lowest BCUT2D eigenvalue weighted by atomic mass is 10.3. The van der Waals surface area contributed by atoms with E-state index in [4.69, 9.17) is 4.74 Å². The van der Waals surface area contributed by atoms with Crippen molar-refractivity contribution in [2.45, 2.75) is 11.3 Å². The molecule has 1 aliphatic heterocycles. The zero-order valence-electron chi connectivity index (χ0n) is 13.6. The third-order valence-electron chi connectivity index (χ3n) is 3.61. The SMILES string of the molecule is O=C(Cc1csc(N2CCOCC2)n1)NNS(=O)(=O)c1ccc(F)cc1. The van der Waals surface area contributed by atoms with E-state index in [0.29, 0.717) is 18.9 Å². The molecule has 0 bridgehead atoms. The lowest BCUT2D eigenvalue weighted by molar-refractivity contribution is -0.120. The molecule has 0 unspecified atom stereocenters. The number of nitrogens with zero attached hydrogens (tertiary/aromatic N) is 2. The van der Waals surface area contributed by atoms with Crippen LogP contribution in [-0.2, 0) is 26.0 Å². The van der Waals surface area contributed by atoms with E-state index in [1.54, 1.807) is 5.38 Å². The quantitative estimate of drug-likeness (QED) is 0.692. The number of sulfonamides is 1. The summed E-state index contributed by atoms with van der Waals surface area (Å²) < 4.78 is 42.2. The molecule has 2 aromatic rings. The molecule has 1 amide bonds. The number of ether oxygens (including phenoxy) is 1. The number of amides is 1. The molecular formula is C15H17FN4O4S2. The number of thiazole rings is 1. The third-order valence-corrected chi connectivity index (χ3v) is 5.83. The maximum Gasteiger partial charge on any atom is 0.257 e. The van der Waals surface area contributed by atoms with Crippen LogP contribution in [0.4, 0.5) is 9.52 Å². The number of morpholine rings is 1. The topological polar surface area (TPSA) is 101 Å². The number of benzene rings is 1. The van der Waals surface area contributed by atoms with Crippen molar-refractivity contribution in [3.8, 4) is 0 Å². The predicted octanol–water partition coefficient (Wildman–Crippen LogP) is 0.671. The molecule has 0 aliphatic carbocycles. The largest absolute Gasteiger partial charge is 0.378 e. The second kappa shape index (κ2) is 8.08. The van der Waals surface area contributed by atoms with E-state index in [9.17, 15) is 17.6 Å². The Balaban J connectivity index is 1.54. The van der Waals surface area contributed by atoms with Crippen molar-refractivity contribution in [1.82, 2.24) is 15.2 Å². The summed E-state index contributed by atoms with van der Waals surface area (Å²) in [7, 11) is -3.96. The molecule has 140 valence electrons. The number of hydrazine groups is 1. The smallest absolute Gasteiger partial charge is 0.257 e. The number of nitrogens with one attached hydrogen (secondary N) is 2. The van der Waals surface area contributed by atoms with E-state index in [-0.39, 0.29) is 11.3 Å². The molecule has 2 N–H and O–H groups in total. The van der Waals surface area contributed by atoms with E-state index in [0.717, 1.165) is 42.5 Å². The first-order valence-corrected chi connectivity index (χ1v) is 10.1. The van der Waals surface area contributed by atoms with Gasteiger partial charge >= 0.3 is 0 Å². The van der Waals surface area contributed by atoms with E-state index in [1.807, 2.05) is 4.83 Å². The van der Waals surface area contributed by atoms with Crippen LogP contribution in [0.3, 0.4) is 0 Å². The van der Waals surface area contributed by atoms with Crippen LogP contribution >= 0.6 is 11.3 Å². The van der Waals surface area contributed by atoms with Crippen LogP contribution in [0.5, 0.6) is 0 Å². The molecule has 2 heterocycles. The number of carbonyl (C=O) groups is 1. The number of hydrogen-bond acceptors (Lipinski definition) is 7. The molecule has 11 heteroatoms. The van der Waals surface area contributed by atoms with Gasteiger partial charge in [-0.05, 0) is 24.3 Å². The van der Waals surface area contributed by atoms with Crippen LogP contribution in [0.2, 0.25) is 0 Å². The van der Waals surface area contributed by atoms with Crippen molar-refractivity contribution < 1.29 is 22.3 Å². The van der Waals surface area contributed by atoms with Crippen molar-refractivity contribution in [2.24, 2.45) is 0 Å². The molecule has 0 spiro atoms. The van der Waals surface area contributed by atoms with Gasteiger partial charge in [-0.25, -0.2) is 17.8 Å². The minimum absolute atomic E-state index is 0.0627. The fourth-order valence-corrected chi connectivity index (χ4v) is 4.02. The van der Waals surface area contributed by atoms with Crippen molar-refractivity contribution in [2.75, 3.05) is 31.2 Å². The maximum atomic E-state index is 12.9. The number of rotatable bonds is 6. The molecule has 3 rings (SSSR count). The van der Waals surface area contributed by atoms with Gasteiger partial charge in [0.15, 0.2) is 5.13 Å².